The Labute approximate surface area is 114 Å². The highest BCUT2D eigenvalue weighted by molar-refractivity contribution is 6.11. The summed E-state index contributed by atoms with van der Waals surface area (Å²) in [4.78, 5) is 35.4. The van der Waals surface area contributed by atoms with E-state index in [9.17, 15) is 19.5 Å². The van der Waals surface area contributed by atoms with Gasteiger partial charge in [0.2, 0.25) is 0 Å². The van der Waals surface area contributed by atoms with Gasteiger partial charge in [0.1, 0.15) is 6.04 Å². The Balaban J connectivity index is 2.43. The molecule has 1 aliphatic rings. The molecule has 1 aliphatic heterocycles. The number of fused-ring (bicyclic) bond motifs is 1. The van der Waals surface area contributed by atoms with Crippen LogP contribution in [0.25, 0.3) is 0 Å². The maximum absolute atomic E-state index is 12.3. The number of amides is 1. The number of carboxylic acids is 2. The van der Waals surface area contributed by atoms with Gasteiger partial charge in [-0.1, -0.05) is 18.2 Å². The lowest BCUT2D eigenvalue weighted by Gasteiger charge is -2.22. The standard InChI is InChI=1S/C14H13NO5/c1-8(6-12(16)17)13(18)15-10-5-3-2-4-9(10)7-11(15)14(19)20/h2-6,11H,7H2,1H3,(H,16,17)(H,19,20)/b8-6+/t11-/m0/s1. The first-order chi connectivity index (χ1) is 9.41. The molecule has 20 heavy (non-hydrogen) atoms. The van der Waals surface area contributed by atoms with Crippen LogP contribution in [0.2, 0.25) is 0 Å². The fourth-order valence-corrected chi connectivity index (χ4v) is 2.27. The minimum atomic E-state index is -1.24. The van der Waals surface area contributed by atoms with Crippen LogP contribution < -0.4 is 4.90 Å². The van der Waals surface area contributed by atoms with Crippen LogP contribution in [0.5, 0.6) is 0 Å². The average molecular weight is 275 g/mol. The summed E-state index contributed by atoms with van der Waals surface area (Å²) in [7, 11) is 0. The van der Waals surface area contributed by atoms with Crippen molar-refractivity contribution < 1.29 is 24.6 Å². The number of para-hydroxylation sites is 1. The van der Waals surface area contributed by atoms with Gasteiger partial charge < -0.3 is 10.2 Å². The van der Waals surface area contributed by atoms with Crippen LogP contribution in [-0.2, 0) is 20.8 Å². The Morgan fingerprint density at radius 2 is 1.90 bits per heavy atom. The molecule has 0 spiro atoms. The molecule has 1 atom stereocenters. The van der Waals surface area contributed by atoms with Crippen LogP contribution in [0.15, 0.2) is 35.9 Å². The zero-order valence-corrected chi connectivity index (χ0v) is 10.7. The molecule has 1 amide bonds. The van der Waals surface area contributed by atoms with Gasteiger partial charge in [-0.05, 0) is 18.6 Å². The van der Waals surface area contributed by atoms with Gasteiger partial charge in [0, 0.05) is 23.8 Å². The van der Waals surface area contributed by atoms with Gasteiger partial charge in [-0.2, -0.15) is 0 Å². The molecule has 0 radical (unpaired) electrons. The number of carbonyl (C=O) groups is 3. The van der Waals surface area contributed by atoms with Crippen molar-refractivity contribution in [3.8, 4) is 0 Å². The van der Waals surface area contributed by atoms with E-state index in [1.807, 2.05) is 0 Å². The van der Waals surface area contributed by atoms with E-state index in [1.165, 1.54) is 6.92 Å². The summed E-state index contributed by atoms with van der Waals surface area (Å²) in [5.41, 5.74) is 1.26. The maximum atomic E-state index is 12.3. The smallest absolute Gasteiger partial charge is 0.328 e. The van der Waals surface area contributed by atoms with E-state index in [0.717, 1.165) is 16.5 Å². The Morgan fingerprint density at radius 1 is 1.25 bits per heavy atom. The van der Waals surface area contributed by atoms with Crippen molar-refractivity contribution in [1.29, 1.82) is 0 Å². The zero-order chi connectivity index (χ0) is 14.9. The highest BCUT2D eigenvalue weighted by Gasteiger charge is 2.38. The molecule has 6 heteroatoms. The molecule has 1 aromatic rings. The third-order valence-corrected chi connectivity index (χ3v) is 3.16. The van der Waals surface area contributed by atoms with Crippen LogP contribution in [0, 0.1) is 0 Å². The fraction of sp³-hybridized carbons (Fsp3) is 0.214. The van der Waals surface area contributed by atoms with Crippen LogP contribution in [0.1, 0.15) is 12.5 Å². The van der Waals surface area contributed by atoms with Crippen molar-refractivity contribution in [2.45, 2.75) is 19.4 Å². The van der Waals surface area contributed by atoms with E-state index in [1.54, 1.807) is 24.3 Å². The fourth-order valence-electron chi connectivity index (χ4n) is 2.27. The van der Waals surface area contributed by atoms with Gasteiger partial charge in [0.15, 0.2) is 0 Å². The Bertz CT molecular complexity index is 620. The van der Waals surface area contributed by atoms with Crippen LogP contribution in [0.4, 0.5) is 5.69 Å². The number of benzene rings is 1. The molecule has 2 N–H and O–H groups in total. The van der Waals surface area contributed by atoms with E-state index in [2.05, 4.69) is 0 Å². The summed E-state index contributed by atoms with van der Waals surface area (Å²) in [6.45, 7) is 1.36. The van der Waals surface area contributed by atoms with Crippen molar-refractivity contribution in [3.05, 3.63) is 41.5 Å². The Hall–Kier alpha value is -2.63. The summed E-state index contributed by atoms with van der Waals surface area (Å²) in [6.07, 6.45) is 1.000. The number of carbonyl (C=O) groups excluding carboxylic acids is 1. The summed E-state index contributed by atoms with van der Waals surface area (Å²) in [6, 6.07) is 5.89. The molecular formula is C14H13NO5. The van der Waals surface area contributed by atoms with Crippen LogP contribution >= 0.6 is 0 Å². The molecule has 2 rings (SSSR count). The van der Waals surface area contributed by atoms with E-state index in [-0.39, 0.29) is 12.0 Å². The highest BCUT2D eigenvalue weighted by Crippen LogP contribution is 2.33. The predicted molar refractivity (Wildman–Crippen MR) is 70.4 cm³/mol. The summed E-state index contributed by atoms with van der Waals surface area (Å²) in [5, 5.41) is 17.9. The Morgan fingerprint density at radius 3 is 2.50 bits per heavy atom. The number of nitrogens with zero attached hydrogens (tertiary/aromatic N) is 1. The Kier molecular flexibility index (Phi) is 3.56. The lowest BCUT2D eigenvalue weighted by Crippen LogP contribution is -2.43. The van der Waals surface area contributed by atoms with Crippen molar-refractivity contribution in [1.82, 2.24) is 0 Å². The van der Waals surface area contributed by atoms with Gasteiger partial charge >= 0.3 is 11.9 Å². The van der Waals surface area contributed by atoms with Crippen LogP contribution in [-0.4, -0.2) is 34.1 Å². The molecule has 0 aliphatic carbocycles. The summed E-state index contributed by atoms with van der Waals surface area (Å²) in [5.74, 6) is -2.96. The number of hydrogen-bond donors (Lipinski definition) is 2. The summed E-state index contributed by atoms with van der Waals surface area (Å²) < 4.78 is 0. The monoisotopic (exact) mass is 275 g/mol. The third kappa shape index (κ3) is 2.40. The van der Waals surface area contributed by atoms with Crippen molar-refractivity contribution >= 4 is 23.5 Å². The molecule has 1 heterocycles. The number of anilines is 1. The quantitative estimate of drug-likeness (QED) is 0.804. The second-order valence-electron chi connectivity index (χ2n) is 4.53. The first kappa shape index (κ1) is 13.8. The zero-order valence-electron chi connectivity index (χ0n) is 10.7. The van der Waals surface area contributed by atoms with Crippen molar-refractivity contribution in [2.75, 3.05) is 4.90 Å². The van der Waals surface area contributed by atoms with Crippen LogP contribution in [0.3, 0.4) is 0 Å². The second kappa shape index (κ2) is 5.16. The maximum Gasteiger partial charge on any atom is 0.328 e. The van der Waals surface area contributed by atoms with E-state index in [0.29, 0.717) is 5.69 Å². The lowest BCUT2D eigenvalue weighted by atomic mass is 10.1. The minimum absolute atomic E-state index is 0.0135. The van der Waals surface area contributed by atoms with Gasteiger partial charge in [-0.25, -0.2) is 9.59 Å². The van der Waals surface area contributed by atoms with E-state index in [4.69, 9.17) is 5.11 Å². The topological polar surface area (TPSA) is 94.9 Å². The second-order valence-corrected chi connectivity index (χ2v) is 4.53. The molecule has 0 saturated carbocycles. The lowest BCUT2D eigenvalue weighted by molar-refractivity contribution is -0.139. The molecule has 1 aromatic carbocycles. The molecule has 104 valence electrons. The first-order valence-corrected chi connectivity index (χ1v) is 5.97. The number of hydrogen-bond acceptors (Lipinski definition) is 3. The van der Waals surface area contributed by atoms with Crippen molar-refractivity contribution in [2.24, 2.45) is 0 Å². The van der Waals surface area contributed by atoms with Gasteiger partial charge in [-0.15, -0.1) is 0 Å². The largest absolute Gasteiger partial charge is 0.480 e. The molecule has 0 aromatic heterocycles. The molecule has 6 nitrogen and oxygen atoms in total. The van der Waals surface area contributed by atoms with Gasteiger partial charge in [0.25, 0.3) is 5.91 Å². The molecular weight excluding hydrogens is 262 g/mol. The predicted octanol–water partition coefficient (Wildman–Crippen LogP) is 1.06. The molecule has 0 unspecified atom stereocenters. The average Bonchev–Trinajstić information content (AvgIpc) is 2.76. The van der Waals surface area contributed by atoms with Gasteiger partial charge in [0.05, 0.1) is 0 Å². The van der Waals surface area contributed by atoms with Gasteiger partial charge in [-0.3, -0.25) is 9.69 Å². The SMILES string of the molecule is C/C(=C\C(=O)O)C(=O)N1c2ccccc2C[C@H]1C(=O)O. The van der Waals surface area contributed by atoms with Crippen molar-refractivity contribution in [3.63, 3.8) is 0 Å². The molecule has 0 fully saturated rings. The normalized spacial score (nSPS) is 17.8. The first-order valence-electron chi connectivity index (χ1n) is 5.97. The van der Waals surface area contributed by atoms with E-state index < -0.39 is 23.9 Å². The van der Waals surface area contributed by atoms with E-state index >= 15 is 0 Å². The molecule has 0 bridgehead atoms. The number of rotatable bonds is 3. The number of carboxylic acid groups (broad SMARTS) is 2. The summed E-state index contributed by atoms with van der Waals surface area (Å²) >= 11 is 0. The highest BCUT2D eigenvalue weighted by atomic mass is 16.4. The minimum Gasteiger partial charge on any atom is -0.480 e. The number of aliphatic carboxylic acids is 2. The molecule has 0 saturated heterocycles. The third-order valence-electron chi connectivity index (χ3n) is 3.16.